The summed E-state index contributed by atoms with van der Waals surface area (Å²) in [7, 11) is 0. The highest BCUT2D eigenvalue weighted by molar-refractivity contribution is 8.00. The topological polar surface area (TPSA) is 209 Å². The fourth-order valence-corrected chi connectivity index (χ4v) is 6.39. The van der Waals surface area contributed by atoms with E-state index in [-0.39, 0.29) is 49.6 Å². The van der Waals surface area contributed by atoms with Crippen LogP contribution in [0, 0.1) is 5.92 Å². The summed E-state index contributed by atoms with van der Waals surface area (Å²) in [6, 6.07) is 5.34. The van der Waals surface area contributed by atoms with Crippen LogP contribution in [0.1, 0.15) is 25.5 Å². The number of hydrogen-bond acceptors (Lipinski definition) is 11. The molecule has 0 radical (unpaired) electrons. The van der Waals surface area contributed by atoms with Crippen LogP contribution in [-0.4, -0.2) is 111 Å². The molecule has 2 fully saturated rings. The van der Waals surface area contributed by atoms with Gasteiger partial charge in [0.25, 0.3) is 6.47 Å². The van der Waals surface area contributed by atoms with E-state index in [1.807, 2.05) is 0 Å². The lowest BCUT2D eigenvalue weighted by Crippen LogP contribution is -2.63. The summed E-state index contributed by atoms with van der Waals surface area (Å²) >= 11 is 1.12. The molecule has 2 saturated heterocycles. The van der Waals surface area contributed by atoms with Crippen molar-refractivity contribution in [3.63, 3.8) is 0 Å². The Labute approximate surface area is 254 Å². The van der Waals surface area contributed by atoms with Crippen LogP contribution in [0.25, 0.3) is 0 Å². The Morgan fingerprint density at radius 1 is 1.09 bits per heavy atom. The van der Waals surface area contributed by atoms with Crippen LogP contribution in [0.3, 0.4) is 0 Å². The number of ether oxygens (including phenoxy) is 2. The number of fused-ring (bicyclic) bond motifs is 1. The number of carbonyl (C=O) groups is 8. The van der Waals surface area contributed by atoms with Gasteiger partial charge in [-0.2, -0.15) is 0 Å². The second kappa shape index (κ2) is 13.6. The Hall–Kier alpha value is -4.93. The Balaban J connectivity index is 1.62. The van der Waals surface area contributed by atoms with Crippen LogP contribution >= 0.6 is 11.8 Å². The number of piperazine rings is 1. The smallest absolute Gasteiger partial charge is 0.352 e. The van der Waals surface area contributed by atoms with Gasteiger partial charge in [-0.3, -0.25) is 38.6 Å². The van der Waals surface area contributed by atoms with E-state index >= 15 is 0 Å². The lowest BCUT2D eigenvalue weighted by Gasteiger charge is -2.49. The molecule has 234 valence electrons. The molecule has 0 bridgehead atoms. The molecule has 2 unspecified atom stereocenters. The zero-order valence-electron chi connectivity index (χ0n) is 23.6. The highest BCUT2D eigenvalue weighted by Crippen LogP contribution is 2.44. The minimum Gasteiger partial charge on any atom is -0.477 e. The Kier molecular flexibility index (Phi) is 9.87. The molecule has 0 aromatic heterocycles. The standard InChI is InChI=1S/C27H29N5O11S/c1-3-30-9-10-31(24(38)23(30)37)27(41)28-18(15-7-5-4-6-8-15)20(35)29-21(43-14(2)34)17-12-44-25-16(11-42-13-33)22(36)32(25)19(17)26(39)40/h4-8,13,16,18,21,25H,3,9-12H2,1-2H3,(H,28,41)(H,29,35)(H,39,40)/t16-,18?,21?,25+/m0/s1. The molecule has 3 aliphatic heterocycles. The average Bonchev–Trinajstić information content (AvgIpc) is 3.00. The molecule has 0 spiro atoms. The number of carboxylic acid groups (broad SMARTS) is 1. The molecule has 1 aromatic rings. The number of imide groups is 1. The van der Waals surface area contributed by atoms with Crippen LogP contribution in [0.5, 0.6) is 0 Å². The number of urea groups is 1. The third-order valence-electron chi connectivity index (χ3n) is 7.13. The lowest BCUT2D eigenvalue weighted by atomic mass is 9.96. The SMILES string of the molecule is CCN1CCN(C(=O)NC(C(=O)NC(OC(C)=O)C2=C(C(=O)O)N3C(=O)[C@H](COC=O)[C@H]3SC2)c2ccccc2)C(=O)C1=O. The number of carbonyl (C=O) groups excluding carboxylic acids is 7. The van der Waals surface area contributed by atoms with E-state index in [0.717, 1.165) is 23.6 Å². The molecular weight excluding hydrogens is 602 g/mol. The van der Waals surface area contributed by atoms with Crippen LogP contribution in [0.15, 0.2) is 41.6 Å². The molecule has 1 aromatic carbocycles. The minimum absolute atomic E-state index is 0.0907. The zero-order valence-corrected chi connectivity index (χ0v) is 24.4. The summed E-state index contributed by atoms with van der Waals surface area (Å²) < 4.78 is 9.98. The third-order valence-corrected chi connectivity index (χ3v) is 8.49. The highest BCUT2D eigenvalue weighted by Gasteiger charge is 2.55. The minimum atomic E-state index is -1.67. The first-order valence-corrected chi connectivity index (χ1v) is 14.4. The van der Waals surface area contributed by atoms with Crippen molar-refractivity contribution in [2.75, 3.05) is 32.0 Å². The summed E-state index contributed by atoms with van der Waals surface area (Å²) in [4.78, 5) is 103. The van der Waals surface area contributed by atoms with Crippen molar-refractivity contribution in [3.8, 4) is 0 Å². The second-order valence-corrected chi connectivity index (χ2v) is 10.9. The van der Waals surface area contributed by atoms with E-state index in [1.54, 1.807) is 25.1 Å². The fourth-order valence-electron chi connectivity index (χ4n) is 4.97. The van der Waals surface area contributed by atoms with E-state index in [1.165, 1.54) is 17.0 Å². The largest absolute Gasteiger partial charge is 0.477 e. The Morgan fingerprint density at radius 2 is 1.80 bits per heavy atom. The molecule has 3 aliphatic rings. The number of benzene rings is 1. The average molecular weight is 632 g/mol. The summed E-state index contributed by atoms with van der Waals surface area (Å²) in [5, 5.41) is 14.3. The number of aliphatic carboxylic acids is 1. The van der Waals surface area contributed by atoms with Crippen molar-refractivity contribution < 1.29 is 52.9 Å². The van der Waals surface area contributed by atoms with Crippen LogP contribution in [-0.2, 0) is 43.0 Å². The highest BCUT2D eigenvalue weighted by atomic mass is 32.2. The number of thioether (sulfide) groups is 1. The van der Waals surface area contributed by atoms with Gasteiger partial charge in [0.15, 0.2) is 0 Å². The summed E-state index contributed by atoms with van der Waals surface area (Å²) in [5.41, 5.74) is -0.363. The van der Waals surface area contributed by atoms with Crippen molar-refractivity contribution in [1.82, 2.24) is 25.3 Å². The molecule has 3 heterocycles. The fraction of sp³-hybridized carbons (Fsp3) is 0.407. The van der Waals surface area contributed by atoms with Crippen molar-refractivity contribution >= 4 is 59.8 Å². The summed E-state index contributed by atoms with van der Waals surface area (Å²) in [6.07, 6.45) is -1.67. The molecule has 4 rings (SSSR count). The zero-order chi connectivity index (χ0) is 32.1. The Bertz CT molecular complexity index is 1420. The van der Waals surface area contributed by atoms with Gasteiger partial charge in [-0.25, -0.2) is 9.59 Å². The van der Waals surface area contributed by atoms with Gasteiger partial charge < -0.3 is 30.1 Å². The van der Waals surface area contributed by atoms with Crippen molar-refractivity contribution in [2.24, 2.45) is 5.92 Å². The van der Waals surface area contributed by atoms with Gasteiger partial charge in [-0.15, -0.1) is 11.8 Å². The molecular formula is C27H29N5O11S. The molecule has 6 amide bonds. The number of amides is 6. The van der Waals surface area contributed by atoms with Crippen molar-refractivity contribution in [2.45, 2.75) is 31.5 Å². The first-order valence-electron chi connectivity index (χ1n) is 13.4. The first kappa shape index (κ1) is 32.0. The number of nitrogens with one attached hydrogen (secondary N) is 2. The molecule has 16 nitrogen and oxygen atoms in total. The van der Waals surface area contributed by atoms with Gasteiger partial charge in [0, 0.05) is 37.9 Å². The third kappa shape index (κ3) is 6.36. The van der Waals surface area contributed by atoms with E-state index in [0.29, 0.717) is 4.90 Å². The number of β-lactam (4-membered cyclic amide) rings is 1. The quantitative estimate of drug-likeness (QED) is 0.0899. The number of likely N-dealkylation sites (N-methyl/N-ethyl adjacent to an activating group) is 1. The number of esters is 1. The number of rotatable bonds is 11. The maximum absolute atomic E-state index is 13.7. The monoisotopic (exact) mass is 631 g/mol. The van der Waals surface area contributed by atoms with Gasteiger partial charge in [-0.1, -0.05) is 30.3 Å². The normalized spacial score (nSPS) is 21.0. The predicted octanol–water partition coefficient (Wildman–Crippen LogP) is -0.824. The lowest BCUT2D eigenvalue weighted by molar-refractivity contribution is -0.157. The van der Waals surface area contributed by atoms with Gasteiger partial charge in [0.1, 0.15) is 24.3 Å². The van der Waals surface area contributed by atoms with Gasteiger partial charge in [0.2, 0.25) is 18.0 Å². The van der Waals surface area contributed by atoms with Gasteiger partial charge in [-0.05, 0) is 12.5 Å². The number of hydrogen-bond donors (Lipinski definition) is 3. The second-order valence-electron chi connectivity index (χ2n) is 9.76. The molecule has 3 N–H and O–H groups in total. The summed E-state index contributed by atoms with van der Waals surface area (Å²) in [5.74, 6) is -6.80. The van der Waals surface area contributed by atoms with E-state index in [4.69, 9.17) is 4.74 Å². The van der Waals surface area contributed by atoms with E-state index in [9.17, 15) is 43.5 Å². The van der Waals surface area contributed by atoms with Gasteiger partial charge >= 0.3 is 29.8 Å². The maximum Gasteiger partial charge on any atom is 0.352 e. The van der Waals surface area contributed by atoms with Crippen LogP contribution in [0.4, 0.5) is 4.79 Å². The van der Waals surface area contributed by atoms with Gasteiger partial charge in [0.05, 0.1) is 5.37 Å². The number of carboxylic acids is 1. The molecule has 0 aliphatic carbocycles. The number of nitrogens with zero attached hydrogens (tertiary/aromatic N) is 3. The molecule has 4 atom stereocenters. The van der Waals surface area contributed by atoms with Crippen molar-refractivity contribution in [3.05, 3.63) is 47.2 Å². The maximum atomic E-state index is 13.7. The Morgan fingerprint density at radius 3 is 2.41 bits per heavy atom. The summed E-state index contributed by atoms with van der Waals surface area (Å²) in [6.45, 7) is 2.92. The van der Waals surface area contributed by atoms with Crippen LogP contribution in [0.2, 0.25) is 0 Å². The van der Waals surface area contributed by atoms with Crippen molar-refractivity contribution in [1.29, 1.82) is 0 Å². The van der Waals surface area contributed by atoms with Crippen LogP contribution < -0.4 is 10.6 Å². The van der Waals surface area contributed by atoms with E-state index < -0.39 is 70.9 Å². The molecule has 17 heteroatoms. The first-order chi connectivity index (χ1) is 21.0. The molecule has 0 saturated carbocycles. The molecule has 44 heavy (non-hydrogen) atoms. The predicted molar refractivity (Wildman–Crippen MR) is 149 cm³/mol. The van der Waals surface area contributed by atoms with E-state index in [2.05, 4.69) is 15.4 Å².